The minimum atomic E-state index is -3.81. The number of hydrogen-bond donors (Lipinski definition) is 0. The van der Waals surface area contributed by atoms with Gasteiger partial charge in [0.2, 0.25) is 0 Å². The largest absolute Gasteiger partial charge is 0.454 e. The Kier molecular flexibility index (Phi) is 5.99. The molecule has 1 saturated carbocycles. The van der Waals surface area contributed by atoms with Crippen LogP contribution in [0.4, 0.5) is 5.69 Å². The van der Waals surface area contributed by atoms with Gasteiger partial charge in [0.1, 0.15) is 5.75 Å². The number of aromatic nitrogens is 1. The fraction of sp³-hybridized carbons (Fsp3) is 0.200. The van der Waals surface area contributed by atoms with Gasteiger partial charge in [-0.3, -0.25) is 10.1 Å². The Morgan fingerprint density at radius 1 is 1.06 bits per heavy atom. The van der Waals surface area contributed by atoms with Gasteiger partial charge in [0.05, 0.1) is 25.4 Å². The first kappa shape index (κ1) is 23.7. The Morgan fingerprint density at radius 2 is 1.71 bits per heavy atom. The molecule has 0 spiro atoms. The first-order valence-electron chi connectivity index (χ1n) is 10.9. The maximum Gasteiger partial charge on any atom is 0.272 e. The van der Waals surface area contributed by atoms with E-state index in [0.717, 1.165) is 35.8 Å². The number of nitrogens with zero attached hydrogens (tertiary/aromatic N) is 2. The van der Waals surface area contributed by atoms with Crippen molar-refractivity contribution in [3.8, 4) is 11.5 Å². The van der Waals surface area contributed by atoms with Crippen LogP contribution in [0.3, 0.4) is 0 Å². The van der Waals surface area contributed by atoms with Gasteiger partial charge in [0, 0.05) is 23.7 Å². The summed E-state index contributed by atoms with van der Waals surface area (Å²) in [6, 6.07) is 14.1. The molecule has 35 heavy (non-hydrogen) atoms. The van der Waals surface area contributed by atoms with Gasteiger partial charge in [0.15, 0.2) is 5.75 Å². The van der Waals surface area contributed by atoms with Gasteiger partial charge >= 0.3 is 0 Å². The standard InChI is InChI=1S/C25H20Cl2N2O5S/c1-15-2-7-20(8-3-15)35(32,33)28-14-17(10-16-4-5-16)21-13-19(6-9-24(21)28)34-25-22(26)11-18(29(30)31)12-23(25)27/h2-3,6-9,11-14,16H,4-5,10H2,1H3. The molecule has 180 valence electrons. The highest BCUT2D eigenvalue weighted by Crippen LogP contribution is 2.41. The number of halogens is 2. The second-order valence-electron chi connectivity index (χ2n) is 8.69. The Morgan fingerprint density at radius 3 is 2.31 bits per heavy atom. The van der Waals surface area contributed by atoms with Crippen LogP contribution < -0.4 is 4.74 Å². The second-order valence-corrected chi connectivity index (χ2v) is 11.3. The molecule has 0 radical (unpaired) electrons. The number of benzene rings is 3. The molecular formula is C25H20Cl2N2O5S. The van der Waals surface area contributed by atoms with E-state index in [9.17, 15) is 18.5 Å². The van der Waals surface area contributed by atoms with E-state index in [1.165, 1.54) is 16.1 Å². The van der Waals surface area contributed by atoms with Crippen molar-refractivity contribution in [1.29, 1.82) is 0 Å². The number of fused-ring (bicyclic) bond motifs is 1. The normalized spacial score (nSPS) is 13.8. The van der Waals surface area contributed by atoms with E-state index in [2.05, 4.69) is 0 Å². The molecule has 1 aliphatic carbocycles. The van der Waals surface area contributed by atoms with Crippen LogP contribution in [0.25, 0.3) is 10.9 Å². The van der Waals surface area contributed by atoms with Crippen LogP contribution in [0.1, 0.15) is 24.0 Å². The summed E-state index contributed by atoms with van der Waals surface area (Å²) >= 11 is 12.4. The van der Waals surface area contributed by atoms with Crippen molar-refractivity contribution in [2.75, 3.05) is 0 Å². The van der Waals surface area contributed by atoms with Gasteiger partial charge in [-0.15, -0.1) is 0 Å². The molecule has 10 heteroatoms. The maximum atomic E-state index is 13.5. The molecular weight excluding hydrogens is 511 g/mol. The minimum Gasteiger partial charge on any atom is -0.454 e. The predicted octanol–water partition coefficient (Wildman–Crippen LogP) is 7.15. The average molecular weight is 531 g/mol. The third kappa shape index (κ3) is 4.61. The monoisotopic (exact) mass is 530 g/mol. The number of rotatable bonds is 7. The smallest absolute Gasteiger partial charge is 0.272 e. The van der Waals surface area contributed by atoms with E-state index in [4.69, 9.17) is 27.9 Å². The van der Waals surface area contributed by atoms with Crippen molar-refractivity contribution in [3.05, 3.63) is 92.1 Å². The summed E-state index contributed by atoms with van der Waals surface area (Å²) in [5.74, 6) is 1.01. The zero-order valence-electron chi connectivity index (χ0n) is 18.6. The summed E-state index contributed by atoms with van der Waals surface area (Å²) in [5, 5.41) is 11.8. The van der Waals surface area contributed by atoms with Gasteiger partial charge in [-0.25, -0.2) is 12.4 Å². The van der Waals surface area contributed by atoms with Crippen LogP contribution in [0, 0.1) is 23.0 Å². The van der Waals surface area contributed by atoms with E-state index in [1.807, 2.05) is 6.92 Å². The van der Waals surface area contributed by atoms with Gasteiger partial charge in [-0.05, 0) is 68.0 Å². The van der Waals surface area contributed by atoms with Crippen LogP contribution in [0.5, 0.6) is 11.5 Å². The van der Waals surface area contributed by atoms with Crippen LogP contribution in [0.15, 0.2) is 65.7 Å². The molecule has 1 aromatic heterocycles. The summed E-state index contributed by atoms with van der Waals surface area (Å²) < 4.78 is 34.2. The number of ether oxygens (including phenoxy) is 1. The topological polar surface area (TPSA) is 91.4 Å². The van der Waals surface area contributed by atoms with E-state index in [1.54, 1.807) is 48.7 Å². The van der Waals surface area contributed by atoms with Gasteiger partial charge in [-0.2, -0.15) is 0 Å². The lowest BCUT2D eigenvalue weighted by Crippen LogP contribution is -2.11. The fourth-order valence-corrected chi connectivity index (χ4v) is 5.94. The highest BCUT2D eigenvalue weighted by atomic mass is 35.5. The number of nitro benzene ring substituents is 1. The van der Waals surface area contributed by atoms with Crippen molar-refractivity contribution < 1.29 is 18.1 Å². The average Bonchev–Trinajstić information content (AvgIpc) is 3.56. The van der Waals surface area contributed by atoms with Crippen molar-refractivity contribution in [1.82, 2.24) is 3.97 Å². The van der Waals surface area contributed by atoms with Gasteiger partial charge < -0.3 is 4.74 Å². The maximum absolute atomic E-state index is 13.5. The molecule has 0 atom stereocenters. The van der Waals surface area contributed by atoms with Crippen molar-refractivity contribution in [2.24, 2.45) is 5.92 Å². The van der Waals surface area contributed by atoms with Crippen molar-refractivity contribution in [2.45, 2.75) is 31.1 Å². The molecule has 0 aliphatic heterocycles. The lowest BCUT2D eigenvalue weighted by Gasteiger charge is -2.11. The second kappa shape index (κ2) is 8.86. The van der Waals surface area contributed by atoms with Crippen LogP contribution in [-0.2, 0) is 16.4 Å². The summed E-state index contributed by atoms with van der Waals surface area (Å²) in [4.78, 5) is 10.7. The first-order valence-corrected chi connectivity index (χ1v) is 13.1. The summed E-state index contributed by atoms with van der Waals surface area (Å²) in [6.07, 6.45) is 4.67. The molecule has 0 bridgehead atoms. The molecule has 0 saturated heterocycles. The van der Waals surface area contributed by atoms with Crippen molar-refractivity contribution >= 4 is 49.8 Å². The SMILES string of the molecule is Cc1ccc(S(=O)(=O)n2cc(CC3CC3)c3cc(Oc4c(Cl)cc([N+](=O)[O-])cc4Cl)ccc32)cc1. The van der Waals surface area contributed by atoms with Crippen molar-refractivity contribution in [3.63, 3.8) is 0 Å². The Labute approximate surface area is 212 Å². The Bertz CT molecular complexity index is 1550. The van der Waals surface area contributed by atoms with Gasteiger partial charge in [-0.1, -0.05) is 40.9 Å². The molecule has 0 N–H and O–H groups in total. The summed E-state index contributed by atoms with van der Waals surface area (Å²) in [5.41, 5.74) is 2.17. The zero-order valence-corrected chi connectivity index (χ0v) is 20.9. The third-order valence-corrected chi connectivity index (χ3v) is 8.27. The summed E-state index contributed by atoms with van der Waals surface area (Å²) in [6.45, 7) is 1.90. The number of non-ortho nitro benzene ring substituents is 1. The quantitative estimate of drug-likeness (QED) is 0.187. The van der Waals surface area contributed by atoms with E-state index >= 15 is 0 Å². The fourth-order valence-electron chi connectivity index (χ4n) is 3.99. The number of hydrogen-bond acceptors (Lipinski definition) is 5. The molecule has 0 amide bonds. The van der Waals surface area contributed by atoms with Crippen LogP contribution >= 0.6 is 23.2 Å². The molecule has 4 aromatic rings. The summed E-state index contributed by atoms with van der Waals surface area (Å²) in [7, 11) is -3.81. The zero-order chi connectivity index (χ0) is 24.9. The third-order valence-electron chi connectivity index (χ3n) is 6.02. The van der Waals surface area contributed by atoms with E-state index in [0.29, 0.717) is 17.2 Å². The number of nitro groups is 1. The van der Waals surface area contributed by atoms with Crippen LogP contribution in [0.2, 0.25) is 10.0 Å². The molecule has 3 aromatic carbocycles. The predicted molar refractivity (Wildman–Crippen MR) is 135 cm³/mol. The molecule has 0 unspecified atom stereocenters. The van der Waals surface area contributed by atoms with Gasteiger partial charge in [0.25, 0.3) is 15.7 Å². The first-order chi connectivity index (χ1) is 16.6. The highest BCUT2D eigenvalue weighted by molar-refractivity contribution is 7.90. The van der Waals surface area contributed by atoms with E-state index < -0.39 is 14.9 Å². The molecule has 5 rings (SSSR count). The molecule has 7 nitrogen and oxygen atoms in total. The molecule has 1 fully saturated rings. The lowest BCUT2D eigenvalue weighted by molar-refractivity contribution is -0.384. The lowest BCUT2D eigenvalue weighted by atomic mass is 10.1. The van der Waals surface area contributed by atoms with E-state index in [-0.39, 0.29) is 26.4 Å². The van der Waals surface area contributed by atoms with Crippen LogP contribution in [-0.4, -0.2) is 17.3 Å². The Balaban J connectivity index is 1.58. The highest BCUT2D eigenvalue weighted by Gasteiger charge is 2.27. The Hall–Kier alpha value is -3.07. The minimum absolute atomic E-state index is 0.00187. The molecule has 1 aliphatic rings. The number of aryl methyl sites for hydroxylation is 1. The molecule has 1 heterocycles.